The van der Waals surface area contributed by atoms with Crippen LogP contribution < -0.4 is 21.3 Å². The molecule has 2 unspecified atom stereocenters. The molecule has 0 spiro atoms. The molecule has 21 N–H and O–H groups in total. The van der Waals surface area contributed by atoms with Crippen molar-refractivity contribution in [3.05, 3.63) is 144 Å². The smallest absolute Gasteiger partial charge is 0.303 e. The molecular formula is C67H66N8O23. The summed E-state index contributed by atoms with van der Waals surface area (Å²) in [4.78, 5) is 81.8. The topological polar surface area (TPSA) is 522 Å². The van der Waals surface area contributed by atoms with Crippen LogP contribution in [-0.2, 0) is 38.2 Å². The Morgan fingerprint density at radius 3 is 0.969 bits per heavy atom. The number of amides is 4. The van der Waals surface area contributed by atoms with Crippen LogP contribution in [0.3, 0.4) is 0 Å². The molecule has 5 aliphatic heterocycles. The minimum atomic E-state index is -2.02. The van der Waals surface area contributed by atoms with Crippen molar-refractivity contribution < 1.29 is 115 Å². The van der Waals surface area contributed by atoms with E-state index < -0.39 is 134 Å². The molecule has 3 saturated heterocycles. The van der Waals surface area contributed by atoms with Crippen molar-refractivity contribution in [3.8, 4) is 44.5 Å². The first-order valence-electron chi connectivity index (χ1n) is 30.7. The van der Waals surface area contributed by atoms with Crippen LogP contribution in [0.5, 0.6) is 0 Å². The van der Waals surface area contributed by atoms with Crippen LogP contribution in [0, 0.1) is 0 Å². The maximum absolute atomic E-state index is 13.5. The van der Waals surface area contributed by atoms with E-state index in [1.165, 1.54) is 48.5 Å². The Kier molecular flexibility index (Phi) is 19.6. The Bertz CT molecular complexity index is 4400. The maximum Gasteiger partial charge on any atom is 0.303 e. The molecule has 12 rings (SSSR count). The Morgan fingerprint density at radius 1 is 0.357 bits per heavy atom. The first-order valence-corrected chi connectivity index (χ1v) is 30.7. The predicted molar refractivity (Wildman–Crippen MR) is 344 cm³/mol. The summed E-state index contributed by atoms with van der Waals surface area (Å²) in [5.41, 5.74) is 5.67. The molecular weight excluding hydrogens is 1280 g/mol. The van der Waals surface area contributed by atoms with Crippen LogP contribution in [0.25, 0.3) is 78.7 Å². The fourth-order valence-electron chi connectivity index (χ4n) is 12.1. The molecule has 3 aromatic heterocycles. The van der Waals surface area contributed by atoms with E-state index in [9.17, 15) is 95.5 Å². The first-order chi connectivity index (χ1) is 46.8. The molecule has 98 heavy (non-hydrogen) atoms. The van der Waals surface area contributed by atoms with Crippen molar-refractivity contribution in [2.75, 3.05) is 21.3 Å². The van der Waals surface area contributed by atoms with E-state index in [1.54, 1.807) is 84.9 Å². The number of aliphatic hydroxyl groups is 14. The fraction of sp³-hybridized carbons (Fsp3) is 0.299. The number of H-pyrrole nitrogens is 2. The van der Waals surface area contributed by atoms with Crippen molar-refractivity contribution >= 4 is 86.6 Å². The normalized spacial score (nSPS) is 27.6. The van der Waals surface area contributed by atoms with Crippen molar-refractivity contribution in [1.29, 1.82) is 0 Å². The lowest BCUT2D eigenvalue weighted by molar-refractivity contribution is -0.274. The standard InChI is InChI=1S/C67H66N8O23/c76-40(2-1-3-41(77)78)68-30-12-4-26(5-13-30)42-34-20-21-35(72-34)43(27-6-14-31(15-7-27)69-62(90)59-53(84)50(81)56(87)65(93)96-59)37-23-25-39(74-37)45(29-10-18-33(19-11-29)71-64(92)61-55(86)52(83)58(89)67(95)98-61)47-49(80)48(79)46(75-47)44(38-24-22-36(42)73-38)28-8-16-32(17-9-28)70-63(91)60-54(85)51(82)57(88)66(94)97-60/h4-25,48-61,65-67,73-74,79-89,93-95H,1-3H2,(H,68,76)(H,69,90)(H,70,91)(H,71,92)(H,77,78)/t48?,49?,50-,51-,52-,53-,54-,55-,56+,57+,58+,59-,60-,61-,65+,66+,67+/m0/s1. The van der Waals surface area contributed by atoms with Gasteiger partial charge < -0.3 is 122 Å². The summed E-state index contributed by atoms with van der Waals surface area (Å²) in [7, 11) is 0. The number of nitrogens with one attached hydrogen (secondary N) is 6. The van der Waals surface area contributed by atoms with E-state index in [-0.39, 0.29) is 64.4 Å². The number of fused-ring (bicyclic) bond motifs is 8. The molecule has 512 valence electrons. The van der Waals surface area contributed by atoms with Gasteiger partial charge in [-0.2, -0.15) is 0 Å². The molecule has 3 fully saturated rings. The molecule has 0 aliphatic carbocycles. The number of ether oxygens (including phenoxy) is 3. The van der Waals surface area contributed by atoms with Crippen LogP contribution in [0.2, 0.25) is 0 Å². The lowest BCUT2D eigenvalue weighted by atomic mass is 9.97. The number of nitrogens with zero attached hydrogens (tertiary/aromatic N) is 2. The molecule has 31 nitrogen and oxygen atoms in total. The lowest BCUT2D eigenvalue weighted by Gasteiger charge is -2.37. The predicted octanol–water partition coefficient (Wildman–Crippen LogP) is 0.329. The third-order valence-corrected chi connectivity index (χ3v) is 17.3. The zero-order valence-corrected chi connectivity index (χ0v) is 51.0. The van der Waals surface area contributed by atoms with E-state index in [0.29, 0.717) is 67.0 Å². The Hall–Kier alpha value is -9.59. The second-order valence-corrected chi connectivity index (χ2v) is 23.9. The second-order valence-electron chi connectivity index (χ2n) is 23.9. The molecule has 7 aromatic rings. The van der Waals surface area contributed by atoms with E-state index in [4.69, 9.17) is 29.3 Å². The molecule has 8 bridgehead atoms. The summed E-state index contributed by atoms with van der Waals surface area (Å²) < 4.78 is 15.4. The number of aliphatic carboxylic acids is 1. The van der Waals surface area contributed by atoms with Crippen molar-refractivity contribution in [3.63, 3.8) is 0 Å². The number of aliphatic hydroxyl groups excluding tert-OH is 14. The molecule has 5 aliphatic rings. The zero-order valence-electron chi connectivity index (χ0n) is 51.0. The van der Waals surface area contributed by atoms with Crippen molar-refractivity contribution in [2.45, 2.75) is 124 Å². The number of carbonyl (C=O) groups is 5. The number of anilines is 4. The highest BCUT2D eigenvalue weighted by Crippen LogP contribution is 2.45. The molecule has 31 heteroatoms. The fourth-order valence-corrected chi connectivity index (χ4v) is 12.1. The maximum atomic E-state index is 13.5. The highest BCUT2D eigenvalue weighted by Gasteiger charge is 2.49. The molecule has 4 aromatic carbocycles. The average Bonchev–Trinajstić information content (AvgIpc) is 1.58. The van der Waals surface area contributed by atoms with Gasteiger partial charge in [0.05, 0.1) is 22.8 Å². The van der Waals surface area contributed by atoms with Gasteiger partial charge >= 0.3 is 5.97 Å². The largest absolute Gasteiger partial charge is 0.481 e. The summed E-state index contributed by atoms with van der Waals surface area (Å²) >= 11 is 0. The third-order valence-electron chi connectivity index (χ3n) is 17.3. The molecule has 0 saturated carbocycles. The van der Waals surface area contributed by atoms with E-state index in [2.05, 4.69) is 31.2 Å². The summed E-state index contributed by atoms with van der Waals surface area (Å²) in [5.74, 6) is -4.42. The van der Waals surface area contributed by atoms with E-state index in [1.807, 2.05) is 0 Å². The van der Waals surface area contributed by atoms with Crippen LogP contribution in [0.1, 0.15) is 54.2 Å². The van der Waals surface area contributed by atoms with E-state index in [0.717, 1.165) is 0 Å². The van der Waals surface area contributed by atoms with Crippen LogP contribution in [0.4, 0.5) is 22.7 Å². The molecule has 8 heterocycles. The van der Waals surface area contributed by atoms with Gasteiger partial charge in [-0.3, -0.25) is 29.0 Å². The Morgan fingerprint density at radius 2 is 0.653 bits per heavy atom. The third kappa shape index (κ3) is 13.6. The first kappa shape index (κ1) is 68.4. The van der Waals surface area contributed by atoms with E-state index >= 15 is 0 Å². The number of rotatable bonds is 15. The Labute approximate surface area is 552 Å². The van der Waals surface area contributed by atoms with Gasteiger partial charge in [-0.15, -0.1) is 0 Å². The van der Waals surface area contributed by atoms with Gasteiger partial charge in [0.25, 0.3) is 17.7 Å². The minimum absolute atomic E-state index is 0.0587. The van der Waals surface area contributed by atoms with Gasteiger partial charge in [0.15, 0.2) is 37.2 Å². The number of carboxylic acids is 1. The van der Waals surface area contributed by atoms with Gasteiger partial charge in [0.1, 0.15) is 67.1 Å². The summed E-state index contributed by atoms with van der Waals surface area (Å²) in [6.45, 7) is 0. The van der Waals surface area contributed by atoms with Crippen molar-refractivity contribution in [1.82, 2.24) is 19.9 Å². The number of benzene rings is 4. The number of aromatic nitrogens is 4. The van der Waals surface area contributed by atoms with Crippen molar-refractivity contribution in [2.24, 2.45) is 0 Å². The SMILES string of the molecule is O=C(O)CCCC(=O)Nc1ccc(-c2c3nc(c(-c4ccc(NC(=O)[C@H]5O[C@@H](O)[C@H](O)[C@@H](O)[C@@H]5O)cc4)c4ccc([nH]4)c(-c4ccc(NC(=O)[C@H]5O[C@@H](O)[C@H](O)[C@@H](O)[C@@H]5O)cc4)c4nc(c(-c5ccc(NC(=O)[C@H]6O[C@@H](O)[C@H](O)[C@@H](O)[C@@H]6O)cc5)c5ccc2[nH]5)C(O)C4O)C=C3)cc1. The lowest BCUT2D eigenvalue weighted by Crippen LogP contribution is -2.60. The summed E-state index contributed by atoms with van der Waals surface area (Å²) in [6, 6.07) is 31.8. The second kappa shape index (κ2) is 28.1. The highest BCUT2D eigenvalue weighted by atomic mass is 16.7. The summed E-state index contributed by atoms with van der Waals surface area (Å²) in [5, 5.41) is 168. The number of aromatic amines is 2. The molecule has 0 radical (unpaired) electrons. The van der Waals surface area contributed by atoms with Gasteiger partial charge in [-0.05, 0) is 114 Å². The van der Waals surface area contributed by atoms with Gasteiger partial charge in [0.2, 0.25) is 5.91 Å². The van der Waals surface area contributed by atoms with Crippen LogP contribution in [-0.4, -0.2) is 218 Å². The summed E-state index contributed by atoms with van der Waals surface area (Å²) in [6.07, 6.45) is -29.1. The van der Waals surface area contributed by atoms with Gasteiger partial charge in [-0.25, -0.2) is 4.98 Å². The van der Waals surface area contributed by atoms with Crippen LogP contribution >= 0.6 is 0 Å². The van der Waals surface area contributed by atoms with Gasteiger partial charge in [-0.1, -0.05) is 48.5 Å². The quantitative estimate of drug-likeness (QED) is 0.0657. The Balaban J connectivity index is 1.04. The number of carboxylic acid groups (broad SMARTS) is 1. The molecule has 4 amide bonds. The zero-order chi connectivity index (χ0) is 69.7. The van der Waals surface area contributed by atoms with Gasteiger partial charge in [0, 0.05) is 79.9 Å². The minimum Gasteiger partial charge on any atom is -0.481 e. The average molecular weight is 1350 g/mol. The number of carbonyl (C=O) groups excluding carboxylic acids is 4. The number of hydrogen-bond acceptors (Lipinski definition) is 24. The number of hydrogen-bond donors (Lipinski definition) is 21. The van der Waals surface area contributed by atoms with Crippen LogP contribution in [0.15, 0.2) is 121 Å². The monoisotopic (exact) mass is 1350 g/mol. The molecule has 17 atom stereocenters. The highest BCUT2D eigenvalue weighted by molar-refractivity contribution is 6.01.